The second-order valence-electron chi connectivity index (χ2n) is 5.39. The number of benzene rings is 1. The van der Waals surface area contributed by atoms with Gasteiger partial charge in [-0.15, -0.1) is 0 Å². The summed E-state index contributed by atoms with van der Waals surface area (Å²) in [4.78, 5) is 4.63. The first-order chi connectivity index (χ1) is 10.3. The Hall–Kier alpha value is -2.87. The standard InChI is InChI=1S/C16H13N5/c17-8-9-1-3-10(4-2-9)12-7-13(11-5-6-11)19-16-14(12)15(18)20-21-16/h1-4,7,11H,5-6H2,(H3,18,19,20,21). The highest BCUT2D eigenvalue weighted by atomic mass is 15.2. The highest BCUT2D eigenvalue weighted by Gasteiger charge is 2.27. The van der Waals surface area contributed by atoms with Crippen molar-refractivity contribution in [3.05, 3.63) is 41.6 Å². The maximum absolute atomic E-state index is 8.91. The molecule has 5 nitrogen and oxygen atoms in total. The lowest BCUT2D eigenvalue weighted by Gasteiger charge is -2.07. The Morgan fingerprint density at radius 2 is 2.00 bits per heavy atom. The first kappa shape index (κ1) is 11.9. The third kappa shape index (κ3) is 1.93. The molecule has 21 heavy (non-hydrogen) atoms. The van der Waals surface area contributed by atoms with Crippen molar-refractivity contribution in [2.75, 3.05) is 5.73 Å². The van der Waals surface area contributed by atoms with E-state index in [9.17, 15) is 0 Å². The molecule has 0 aliphatic heterocycles. The quantitative estimate of drug-likeness (QED) is 0.752. The highest BCUT2D eigenvalue weighted by molar-refractivity contribution is 6.00. The van der Waals surface area contributed by atoms with Crippen LogP contribution in [-0.2, 0) is 0 Å². The molecule has 0 saturated heterocycles. The number of pyridine rings is 1. The molecule has 1 aliphatic rings. The van der Waals surface area contributed by atoms with Gasteiger partial charge < -0.3 is 5.73 Å². The summed E-state index contributed by atoms with van der Waals surface area (Å²) in [5, 5.41) is 16.7. The Balaban J connectivity index is 1.96. The zero-order valence-corrected chi connectivity index (χ0v) is 11.3. The van der Waals surface area contributed by atoms with Gasteiger partial charge >= 0.3 is 0 Å². The van der Waals surface area contributed by atoms with E-state index in [0.29, 0.717) is 17.3 Å². The van der Waals surface area contributed by atoms with Crippen molar-refractivity contribution in [3.63, 3.8) is 0 Å². The van der Waals surface area contributed by atoms with Gasteiger partial charge in [0.15, 0.2) is 11.5 Å². The van der Waals surface area contributed by atoms with Gasteiger partial charge in [0.05, 0.1) is 17.0 Å². The van der Waals surface area contributed by atoms with E-state index in [2.05, 4.69) is 27.3 Å². The summed E-state index contributed by atoms with van der Waals surface area (Å²) in [6, 6.07) is 11.7. The Morgan fingerprint density at radius 1 is 1.24 bits per heavy atom. The van der Waals surface area contributed by atoms with Gasteiger partial charge in [0.2, 0.25) is 0 Å². The van der Waals surface area contributed by atoms with E-state index in [-0.39, 0.29) is 0 Å². The first-order valence-electron chi connectivity index (χ1n) is 6.91. The van der Waals surface area contributed by atoms with Crippen LogP contribution >= 0.6 is 0 Å². The number of aromatic amines is 1. The number of anilines is 1. The predicted octanol–water partition coefficient (Wildman–Crippen LogP) is 2.96. The van der Waals surface area contributed by atoms with Gasteiger partial charge in [0, 0.05) is 11.6 Å². The minimum absolute atomic E-state index is 0.458. The van der Waals surface area contributed by atoms with Crippen LogP contribution in [0.3, 0.4) is 0 Å². The zero-order chi connectivity index (χ0) is 14.4. The van der Waals surface area contributed by atoms with E-state index in [1.54, 1.807) is 0 Å². The monoisotopic (exact) mass is 275 g/mol. The van der Waals surface area contributed by atoms with Crippen LogP contribution in [0.4, 0.5) is 5.82 Å². The average molecular weight is 275 g/mol. The van der Waals surface area contributed by atoms with Crippen molar-refractivity contribution in [2.24, 2.45) is 0 Å². The molecular weight excluding hydrogens is 262 g/mol. The third-order valence-corrected chi connectivity index (χ3v) is 3.90. The number of H-pyrrole nitrogens is 1. The van der Waals surface area contributed by atoms with Crippen LogP contribution in [0.2, 0.25) is 0 Å². The van der Waals surface area contributed by atoms with Crippen molar-refractivity contribution in [1.29, 1.82) is 5.26 Å². The van der Waals surface area contributed by atoms with Crippen LogP contribution in [0, 0.1) is 11.3 Å². The zero-order valence-electron chi connectivity index (χ0n) is 11.3. The Morgan fingerprint density at radius 3 is 2.67 bits per heavy atom. The molecule has 0 radical (unpaired) electrons. The van der Waals surface area contributed by atoms with Crippen LogP contribution < -0.4 is 5.73 Å². The summed E-state index contributed by atoms with van der Waals surface area (Å²) < 4.78 is 0. The largest absolute Gasteiger partial charge is 0.382 e. The Bertz CT molecular complexity index is 866. The fourth-order valence-electron chi connectivity index (χ4n) is 2.61. The fraction of sp³-hybridized carbons (Fsp3) is 0.188. The molecule has 1 aliphatic carbocycles. The number of nitrogens with one attached hydrogen (secondary N) is 1. The number of nitrogens with zero attached hydrogens (tertiary/aromatic N) is 3. The van der Waals surface area contributed by atoms with Gasteiger partial charge in [-0.05, 0) is 42.2 Å². The minimum atomic E-state index is 0.458. The van der Waals surface area contributed by atoms with E-state index < -0.39 is 0 Å². The number of hydrogen-bond donors (Lipinski definition) is 2. The lowest BCUT2D eigenvalue weighted by molar-refractivity contribution is 1.02. The maximum Gasteiger partial charge on any atom is 0.158 e. The normalized spacial score (nSPS) is 14.2. The third-order valence-electron chi connectivity index (χ3n) is 3.90. The predicted molar refractivity (Wildman–Crippen MR) is 80.4 cm³/mol. The van der Waals surface area contributed by atoms with E-state index in [0.717, 1.165) is 27.9 Å². The number of nitrogen functional groups attached to an aromatic ring is 1. The molecule has 1 fully saturated rings. The van der Waals surface area contributed by atoms with E-state index in [1.807, 2.05) is 24.3 Å². The van der Waals surface area contributed by atoms with Gasteiger partial charge in [0.25, 0.3) is 0 Å². The molecule has 0 unspecified atom stereocenters. The van der Waals surface area contributed by atoms with Crippen molar-refractivity contribution in [3.8, 4) is 17.2 Å². The molecule has 0 amide bonds. The van der Waals surface area contributed by atoms with Crippen LogP contribution in [0.1, 0.15) is 30.0 Å². The van der Waals surface area contributed by atoms with E-state index in [1.165, 1.54) is 12.8 Å². The highest BCUT2D eigenvalue weighted by Crippen LogP contribution is 2.42. The molecular formula is C16H13N5. The van der Waals surface area contributed by atoms with Crippen molar-refractivity contribution in [1.82, 2.24) is 15.2 Å². The molecule has 2 aromatic heterocycles. The molecule has 0 bridgehead atoms. The summed E-state index contributed by atoms with van der Waals surface area (Å²) in [5.41, 5.74) is 10.5. The average Bonchev–Trinajstić information content (AvgIpc) is 3.31. The molecule has 4 rings (SSSR count). The Kier molecular flexibility index (Phi) is 2.45. The molecule has 1 aromatic carbocycles. The summed E-state index contributed by atoms with van der Waals surface area (Å²) in [7, 11) is 0. The lowest BCUT2D eigenvalue weighted by atomic mass is 10.0. The lowest BCUT2D eigenvalue weighted by Crippen LogP contribution is -1.92. The molecule has 2 heterocycles. The topological polar surface area (TPSA) is 91.4 Å². The van der Waals surface area contributed by atoms with Crippen LogP contribution in [0.25, 0.3) is 22.2 Å². The number of aromatic nitrogens is 3. The second-order valence-corrected chi connectivity index (χ2v) is 5.39. The molecule has 1 saturated carbocycles. The number of nitriles is 1. The van der Waals surface area contributed by atoms with Gasteiger partial charge in [-0.1, -0.05) is 12.1 Å². The molecule has 0 atom stereocenters. The van der Waals surface area contributed by atoms with Gasteiger partial charge in [-0.2, -0.15) is 10.4 Å². The summed E-state index contributed by atoms with van der Waals surface area (Å²) in [6.07, 6.45) is 2.38. The SMILES string of the molecule is N#Cc1ccc(-c2cc(C3CC3)nc3[nH]nc(N)c23)cc1. The van der Waals surface area contributed by atoms with Gasteiger partial charge in [-0.3, -0.25) is 5.10 Å². The number of hydrogen-bond acceptors (Lipinski definition) is 4. The fourth-order valence-corrected chi connectivity index (χ4v) is 2.61. The minimum Gasteiger partial charge on any atom is -0.382 e. The Labute approximate surface area is 121 Å². The van der Waals surface area contributed by atoms with Gasteiger partial charge in [-0.25, -0.2) is 4.98 Å². The van der Waals surface area contributed by atoms with Crippen molar-refractivity contribution >= 4 is 16.9 Å². The first-order valence-corrected chi connectivity index (χ1v) is 6.91. The molecule has 0 spiro atoms. The molecule has 3 N–H and O–H groups in total. The molecule has 5 heteroatoms. The smallest absolute Gasteiger partial charge is 0.158 e. The molecule has 3 aromatic rings. The van der Waals surface area contributed by atoms with Crippen LogP contribution in [0.5, 0.6) is 0 Å². The number of rotatable bonds is 2. The summed E-state index contributed by atoms with van der Waals surface area (Å²) >= 11 is 0. The van der Waals surface area contributed by atoms with Crippen molar-refractivity contribution < 1.29 is 0 Å². The number of nitrogens with two attached hydrogens (primary N) is 1. The van der Waals surface area contributed by atoms with E-state index >= 15 is 0 Å². The summed E-state index contributed by atoms with van der Waals surface area (Å²) in [6.45, 7) is 0. The second kappa shape index (κ2) is 4.32. The van der Waals surface area contributed by atoms with E-state index in [4.69, 9.17) is 11.0 Å². The summed E-state index contributed by atoms with van der Waals surface area (Å²) in [5.74, 6) is 1.01. The number of fused-ring (bicyclic) bond motifs is 1. The molecule has 102 valence electrons. The van der Waals surface area contributed by atoms with Gasteiger partial charge in [0.1, 0.15) is 0 Å². The van der Waals surface area contributed by atoms with Crippen molar-refractivity contribution in [2.45, 2.75) is 18.8 Å². The van der Waals surface area contributed by atoms with Crippen LogP contribution in [0.15, 0.2) is 30.3 Å². The maximum atomic E-state index is 8.91. The van der Waals surface area contributed by atoms with Crippen LogP contribution in [-0.4, -0.2) is 15.2 Å².